The van der Waals surface area contributed by atoms with Crippen LogP contribution in [0.1, 0.15) is 18.2 Å². The molecule has 1 aromatic carbocycles. The minimum Gasteiger partial charge on any atom is -0.508 e. The molecule has 0 unspecified atom stereocenters. The Morgan fingerprint density at radius 1 is 1.32 bits per heavy atom. The zero-order valence-corrected chi connectivity index (χ0v) is 11.7. The second kappa shape index (κ2) is 6.33. The number of rotatable bonds is 4. The van der Waals surface area contributed by atoms with Gasteiger partial charge in [0.15, 0.2) is 0 Å². The van der Waals surface area contributed by atoms with Crippen molar-refractivity contribution in [3.63, 3.8) is 0 Å². The summed E-state index contributed by atoms with van der Waals surface area (Å²) in [4.78, 5) is 0. The predicted octanol–water partition coefficient (Wildman–Crippen LogP) is 2.66. The molecule has 0 saturated carbocycles. The molecule has 0 aliphatic rings. The summed E-state index contributed by atoms with van der Waals surface area (Å²) < 4.78 is 1.86. The van der Waals surface area contributed by atoms with Crippen molar-refractivity contribution in [3.8, 4) is 11.5 Å². The Balaban J connectivity index is 0.00000180. The van der Waals surface area contributed by atoms with E-state index in [0.717, 1.165) is 23.5 Å². The highest BCUT2D eigenvalue weighted by Gasteiger charge is 2.06. The quantitative estimate of drug-likeness (QED) is 0.807. The second-order valence-electron chi connectivity index (χ2n) is 4.15. The Hall–Kier alpha value is -1.88. The van der Waals surface area contributed by atoms with E-state index in [1.54, 1.807) is 12.1 Å². The normalized spacial score (nSPS) is 10.0. The number of hydrogen-bond acceptors (Lipinski definition) is 4. The lowest BCUT2D eigenvalue weighted by atomic mass is 10.2. The molecule has 5 nitrogen and oxygen atoms in total. The number of hydrogen-bond donors (Lipinski definition) is 3. The van der Waals surface area contributed by atoms with Gasteiger partial charge in [-0.1, -0.05) is 0 Å². The summed E-state index contributed by atoms with van der Waals surface area (Å²) in [6.07, 6.45) is 1.94. The van der Waals surface area contributed by atoms with Crippen LogP contribution in [0.25, 0.3) is 0 Å². The van der Waals surface area contributed by atoms with Crippen LogP contribution in [-0.2, 0) is 13.1 Å². The monoisotopic (exact) mass is 283 g/mol. The van der Waals surface area contributed by atoms with Gasteiger partial charge in [0.2, 0.25) is 0 Å². The highest BCUT2D eigenvalue weighted by atomic mass is 35.5. The molecule has 0 spiro atoms. The van der Waals surface area contributed by atoms with Crippen molar-refractivity contribution in [2.75, 3.05) is 5.32 Å². The van der Waals surface area contributed by atoms with Gasteiger partial charge in [0, 0.05) is 30.9 Å². The van der Waals surface area contributed by atoms with E-state index in [-0.39, 0.29) is 23.9 Å². The first-order chi connectivity index (χ1) is 8.60. The van der Waals surface area contributed by atoms with Crippen molar-refractivity contribution in [2.24, 2.45) is 0 Å². The molecule has 6 heteroatoms. The van der Waals surface area contributed by atoms with E-state index < -0.39 is 0 Å². The van der Waals surface area contributed by atoms with E-state index in [0.29, 0.717) is 6.54 Å². The third-order valence-electron chi connectivity index (χ3n) is 2.81. The van der Waals surface area contributed by atoms with Gasteiger partial charge in [0.25, 0.3) is 0 Å². The van der Waals surface area contributed by atoms with Crippen molar-refractivity contribution < 1.29 is 10.2 Å². The molecule has 0 radical (unpaired) electrons. The van der Waals surface area contributed by atoms with E-state index in [1.165, 1.54) is 6.07 Å². The number of phenolic OH excluding ortho intramolecular Hbond substituents is 2. The van der Waals surface area contributed by atoms with Crippen LogP contribution in [0.2, 0.25) is 0 Å². The number of nitrogens with zero attached hydrogens (tertiary/aromatic N) is 2. The Morgan fingerprint density at radius 2 is 2.05 bits per heavy atom. The molecule has 0 fully saturated rings. The van der Waals surface area contributed by atoms with Gasteiger partial charge < -0.3 is 15.5 Å². The van der Waals surface area contributed by atoms with Gasteiger partial charge in [0.05, 0.1) is 11.4 Å². The number of aromatic nitrogens is 2. The largest absolute Gasteiger partial charge is 0.508 e. The first-order valence-corrected chi connectivity index (χ1v) is 5.89. The minimum atomic E-state index is 0. The molecule has 0 saturated heterocycles. The predicted molar refractivity (Wildman–Crippen MR) is 77.0 cm³/mol. The summed E-state index contributed by atoms with van der Waals surface area (Å²) in [7, 11) is 0. The van der Waals surface area contributed by atoms with E-state index >= 15 is 0 Å². The maximum Gasteiger partial charge on any atom is 0.124 e. The molecule has 0 amide bonds. The first-order valence-electron chi connectivity index (χ1n) is 5.89. The maximum absolute atomic E-state index is 9.67. The highest BCUT2D eigenvalue weighted by molar-refractivity contribution is 5.85. The minimum absolute atomic E-state index is 0. The number of anilines is 1. The Kier molecular flexibility index (Phi) is 5.06. The second-order valence-corrected chi connectivity index (χ2v) is 4.15. The fraction of sp³-hybridized carbons (Fsp3) is 0.308. The van der Waals surface area contributed by atoms with Gasteiger partial charge >= 0.3 is 0 Å². The number of aromatic hydroxyl groups is 2. The van der Waals surface area contributed by atoms with E-state index in [2.05, 4.69) is 10.4 Å². The van der Waals surface area contributed by atoms with Crippen LogP contribution in [0, 0.1) is 6.92 Å². The average Bonchev–Trinajstić information content (AvgIpc) is 2.69. The zero-order valence-electron chi connectivity index (χ0n) is 10.9. The molecule has 2 aromatic rings. The van der Waals surface area contributed by atoms with Crippen molar-refractivity contribution in [1.29, 1.82) is 0 Å². The SMILES string of the molecule is CCn1cc(NCc2ccc(O)cc2O)c(C)n1.Cl. The third kappa shape index (κ3) is 3.54. The van der Waals surface area contributed by atoms with Gasteiger partial charge in [-0.15, -0.1) is 12.4 Å². The summed E-state index contributed by atoms with van der Waals surface area (Å²) in [5.41, 5.74) is 2.61. The number of nitrogens with one attached hydrogen (secondary N) is 1. The number of benzene rings is 1. The zero-order chi connectivity index (χ0) is 13.1. The van der Waals surface area contributed by atoms with Crippen molar-refractivity contribution in [1.82, 2.24) is 9.78 Å². The van der Waals surface area contributed by atoms with E-state index in [9.17, 15) is 10.2 Å². The Morgan fingerprint density at radius 3 is 2.63 bits per heavy atom. The maximum atomic E-state index is 9.67. The molecule has 0 bridgehead atoms. The van der Waals surface area contributed by atoms with Gasteiger partial charge in [-0.25, -0.2) is 0 Å². The van der Waals surface area contributed by atoms with E-state index in [1.807, 2.05) is 24.7 Å². The smallest absolute Gasteiger partial charge is 0.124 e. The molecule has 0 atom stereocenters. The van der Waals surface area contributed by atoms with Gasteiger partial charge in [-0.05, 0) is 26.0 Å². The van der Waals surface area contributed by atoms with Crippen molar-refractivity contribution in [2.45, 2.75) is 26.9 Å². The van der Waals surface area contributed by atoms with Crippen molar-refractivity contribution >= 4 is 18.1 Å². The average molecular weight is 284 g/mol. The Labute approximate surface area is 118 Å². The van der Waals surface area contributed by atoms with Gasteiger partial charge in [-0.2, -0.15) is 5.10 Å². The fourth-order valence-corrected chi connectivity index (χ4v) is 1.75. The molecule has 1 aromatic heterocycles. The topological polar surface area (TPSA) is 70.3 Å². The van der Waals surface area contributed by atoms with Crippen LogP contribution in [-0.4, -0.2) is 20.0 Å². The number of phenols is 2. The highest BCUT2D eigenvalue weighted by Crippen LogP contribution is 2.23. The molecule has 104 valence electrons. The van der Waals surface area contributed by atoms with Crippen LogP contribution in [0.5, 0.6) is 11.5 Å². The molecule has 1 heterocycles. The Bertz CT molecular complexity index is 555. The fourth-order valence-electron chi connectivity index (χ4n) is 1.75. The lowest BCUT2D eigenvalue weighted by Crippen LogP contribution is -1.99. The summed E-state index contributed by atoms with van der Waals surface area (Å²) in [5.74, 6) is 0.147. The van der Waals surface area contributed by atoms with Crippen molar-refractivity contribution in [3.05, 3.63) is 35.7 Å². The van der Waals surface area contributed by atoms with Crippen LogP contribution in [0.3, 0.4) is 0 Å². The lowest BCUT2D eigenvalue weighted by molar-refractivity contribution is 0.446. The van der Waals surface area contributed by atoms with Crippen LogP contribution < -0.4 is 5.32 Å². The summed E-state index contributed by atoms with van der Waals surface area (Å²) in [5, 5.41) is 26.4. The lowest BCUT2D eigenvalue weighted by Gasteiger charge is -2.07. The molecule has 0 aliphatic heterocycles. The number of halogens is 1. The molecule has 19 heavy (non-hydrogen) atoms. The van der Waals surface area contributed by atoms with Crippen LogP contribution in [0.15, 0.2) is 24.4 Å². The first kappa shape index (κ1) is 15.2. The molecular formula is C13H18ClN3O2. The van der Waals surface area contributed by atoms with Crippen LogP contribution in [0.4, 0.5) is 5.69 Å². The molecule has 3 N–H and O–H groups in total. The third-order valence-corrected chi connectivity index (χ3v) is 2.81. The van der Waals surface area contributed by atoms with Gasteiger partial charge in [0.1, 0.15) is 11.5 Å². The molecule has 0 aliphatic carbocycles. The standard InChI is InChI=1S/C13H17N3O2.ClH/c1-3-16-8-12(9(2)15-16)14-7-10-4-5-11(17)6-13(10)18;/h4-6,8,14,17-18H,3,7H2,1-2H3;1H. The van der Waals surface area contributed by atoms with E-state index in [4.69, 9.17) is 0 Å². The summed E-state index contributed by atoms with van der Waals surface area (Å²) in [6.45, 7) is 5.28. The van der Waals surface area contributed by atoms with Gasteiger partial charge in [-0.3, -0.25) is 4.68 Å². The summed E-state index contributed by atoms with van der Waals surface area (Å²) >= 11 is 0. The molecular weight excluding hydrogens is 266 g/mol. The van der Waals surface area contributed by atoms with Crippen LogP contribution >= 0.6 is 12.4 Å². The number of aryl methyl sites for hydroxylation is 2. The summed E-state index contributed by atoms with van der Waals surface area (Å²) in [6, 6.07) is 4.58. The molecule has 2 rings (SSSR count).